The predicted molar refractivity (Wildman–Crippen MR) is 98.5 cm³/mol. The van der Waals surface area contributed by atoms with Crippen LogP contribution in [0, 0.1) is 5.92 Å². The molecule has 1 N–H and O–H groups in total. The second-order valence-corrected chi connectivity index (χ2v) is 7.71. The number of aryl methyl sites for hydroxylation is 1. The number of carbonyl (C=O) groups is 1. The first-order chi connectivity index (χ1) is 13.8. The van der Waals surface area contributed by atoms with E-state index in [2.05, 4.69) is 25.0 Å². The summed E-state index contributed by atoms with van der Waals surface area (Å²) in [5, 5.41) is 6.00. The number of fused-ring (bicyclic) bond motifs is 2. The SMILES string of the molecule is CCC1CCc2nc3oc(SCC(=O)Nc4ccon4)nc3c(C(F)(F)F)c2C1. The predicted octanol–water partition coefficient (Wildman–Crippen LogP) is 4.48. The molecule has 1 unspecified atom stereocenters. The maximum Gasteiger partial charge on any atom is 0.419 e. The molecule has 0 spiro atoms. The Balaban J connectivity index is 1.62. The van der Waals surface area contributed by atoms with Crippen LogP contribution >= 0.6 is 11.8 Å². The van der Waals surface area contributed by atoms with Gasteiger partial charge in [0, 0.05) is 11.8 Å². The largest absolute Gasteiger partial charge is 0.419 e. The Kier molecular flexibility index (Phi) is 5.24. The van der Waals surface area contributed by atoms with E-state index in [4.69, 9.17) is 4.42 Å². The molecule has 4 rings (SSSR count). The number of nitrogens with zero attached hydrogens (tertiary/aromatic N) is 3. The van der Waals surface area contributed by atoms with Gasteiger partial charge in [0.15, 0.2) is 5.82 Å². The highest BCUT2D eigenvalue weighted by molar-refractivity contribution is 7.99. The highest BCUT2D eigenvalue weighted by atomic mass is 32.2. The van der Waals surface area contributed by atoms with Crippen LogP contribution in [0.2, 0.25) is 0 Å². The molecule has 7 nitrogen and oxygen atoms in total. The fourth-order valence-corrected chi connectivity index (χ4v) is 4.09. The average molecular weight is 426 g/mol. The van der Waals surface area contributed by atoms with E-state index in [0.29, 0.717) is 18.5 Å². The number of anilines is 1. The molecule has 0 aliphatic heterocycles. The first-order valence-corrected chi connectivity index (χ1v) is 10.1. The van der Waals surface area contributed by atoms with Gasteiger partial charge in [-0.2, -0.15) is 13.2 Å². The second-order valence-electron chi connectivity index (χ2n) is 6.78. The Morgan fingerprint density at radius 3 is 2.90 bits per heavy atom. The molecule has 11 heteroatoms. The lowest BCUT2D eigenvalue weighted by Crippen LogP contribution is -2.21. The normalized spacial score (nSPS) is 16.8. The van der Waals surface area contributed by atoms with Crippen LogP contribution in [0.5, 0.6) is 0 Å². The molecule has 3 aromatic heterocycles. The van der Waals surface area contributed by atoms with Gasteiger partial charge >= 0.3 is 6.18 Å². The third kappa shape index (κ3) is 4.09. The summed E-state index contributed by atoms with van der Waals surface area (Å²) in [5.74, 6) is -0.0880. The number of amides is 1. The monoisotopic (exact) mass is 426 g/mol. The van der Waals surface area contributed by atoms with Crippen molar-refractivity contribution < 1.29 is 26.9 Å². The second kappa shape index (κ2) is 7.69. The zero-order valence-corrected chi connectivity index (χ0v) is 16.2. The molecule has 0 bridgehead atoms. The van der Waals surface area contributed by atoms with E-state index >= 15 is 0 Å². The molecule has 0 aromatic carbocycles. The number of halogens is 3. The Morgan fingerprint density at radius 1 is 1.38 bits per heavy atom. The zero-order valence-electron chi connectivity index (χ0n) is 15.4. The van der Waals surface area contributed by atoms with Gasteiger partial charge in [0.2, 0.25) is 11.6 Å². The van der Waals surface area contributed by atoms with E-state index in [-0.39, 0.29) is 39.5 Å². The molecule has 1 aliphatic carbocycles. The molecule has 1 atom stereocenters. The number of carbonyl (C=O) groups excluding carboxylic acids is 1. The molecule has 154 valence electrons. The number of aromatic nitrogens is 3. The van der Waals surface area contributed by atoms with E-state index < -0.39 is 17.6 Å². The van der Waals surface area contributed by atoms with Gasteiger partial charge in [0.25, 0.3) is 5.22 Å². The third-order valence-corrected chi connectivity index (χ3v) is 5.72. The van der Waals surface area contributed by atoms with Crippen LogP contribution in [-0.4, -0.2) is 26.8 Å². The highest BCUT2D eigenvalue weighted by Crippen LogP contribution is 2.42. The summed E-state index contributed by atoms with van der Waals surface area (Å²) < 4.78 is 51.7. The summed E-state index contributed by atoms with van der Waals surface area (Å²) in [7, 11) is 0. The Hall–Kier alpha value is -2.56. The summed E-state index contributed by atoms with van der Waals surface area (Å²) in [6, 6.07) is 1.47. The summed E-state index contributed by atoms with van der Waals surface area (Å²) in [4.78, 5) is 20.2. The van der Waals surface area contributed by atoms with Crippen molar-refractivity contribution in [3.63, 3.8) is 0 Å². The van der Waals surface area contributed by atoms with Crippen molar-refractivity contribution in [2.75, 3.05) is 11.1 Å². The standard InChI is InChI=1S/C18H17F3N4O3S/c1-2-9-3-4-11-10(7-9)14(18(19,20)21)15-16(22-11)28-17(24-15)29-8-13(26)23-12-5-6-27-25-12/h5-6,9H,2-4,7-8H2,1H3,(H,23,25,26). The number of pyridine rings is 1. The Labute approximate surface area is 167 Å². The number of oxazole rings is 1. The van der Waals surface area contributed by atoms with Crippen LogP contribution in [-0.2, 0) is 23.8 Å². The average Bonchev–Trinajstić information content (AvgIpc) is 3.32. The molecule has 1 amide bonds. The number of rotatable bonds is 5. The van der Waals surface area contributed by atoms with Crippen LogP contribution in [0.15, 0.2) is 26.5 Å². The van der Waals surface area contributed by atoms with E-state index in [1.807, 2.05) is 6.92 Å². The van der Waals surface area contributed by atoms with Crippen molar-refractivity contribution in [3.05, 3.63) is 29.2 Å². The minimum absolute atomic E-state index is 0.0392. The van der Waals surface area contributed by atoms with Gasteiger partial charge in [0.1, 0.15) is 11.8 Å². The third-order valence-electron chi connectivity index (χ3n) is 4.89. The minimum Gasteiger partial charge on any atom is -0.412 e. The maximum atomic E-state index is 13.9. The number of hydrogen-bond donors (Lipinski definition) is 1. The Bertz CT molecular complexity index is 1030. The molecule has 0 saturated heterocycles. The van der Waals surface area contributed by atoms with E-state index in [9.17, 15) is 18.0 Å². The van der Waals surface area contributed by atoms with Crippen molar-refractivity contribution in [2.24, 2.45) is 5.92 Å². The first-order valence-electron chi connectivity index (χ1n) is 9.07. The van der Waals surface area contributed by atoms with Gasteiger partial charge in [-0.15, -0.1) is 0 Å². The molecule has 0 saturated carbocycles. The number of nitrogens with one attached hydrogen (secondary N) is 1. The molecular weight excluding hydrogens is 409 g/mol. The van der Waals surface area contributed by atoms with Crippen molar-refractivity contribution in [1.82, 2.24) is 15.1 Å². The number of hydrogen-bond acceptors (Lipinski definition) is 7. The number of thioether (sulfide) groups is 1. The summed E-state index contributed by atoms with van der Waals surface area (Å²) in [6.45, 7) is 1.98. The van der Waals surface area contributed by atoms with Crippen LogP contribution < -0.4 is 5.32 Å². The summed E-state index contributed by atoms with van der Waals surface area (Å²) >= 11 is 0.887. The topological polar surface area (TPSA) is 94.1 Å². The number of alkyl halides is 3. The van der Waals surface area contributed by atoms with Gasteiger partial charge < -0.3 is 14.3 Å². The Morgan fingerprint density at radius 2 is 2.21 bits per heavy atom. The fraction of sp³-hybridized carbons (Fsp3) is 0.444. The van der Waals surface area contributed by atoms with Gasteiger partial charge in [-0.1, -0.05) is 30.3 Å². The van der Waals surface area contributed by atoms with E-state index in [0.717, 1.165) is 24.6 Å². The van der Waals surface area contributed by atoms with Crippen molar-refractivity contribution >= 4 is 34.7 Å². The summed E-state index contributed by atoms with van der Waals surface area (Å²) in [6.07, 6.45) is -0.829. The fourth-order valence-electron chi connectivity index (χ4n) is 3.47. The molecular formula is C18H17F3N4O3S. The van der Waals surface area contributed by atoms with Crippen LogP contribution in [0.3, 0.4) is 0 Å². The van der Waals surface area contributed by atoms with Crippen LogP contribution in [0.4, 0.5) is 19.0 Å². The van der Waals surface area contributed by atoms with Crippen molar-refractivity contribution in [1.29, 1.82) is 0 Å². The highest BCUT2D eigenvalue weighted by Gasteiger charge is 2.40. The molecule has 0 radical (unpaired) electrons. The van der Waals surface area contributed by atoms with Crippen molar-refractivity contribution in [2.45, 2.75) is 44.0 Å². The van der Waals surface area contributed by atoms with Gasteiger partial charge in [0.05, 0.1) is 11.3 Å². The molecule has 29 heavy (non-hydrogen) atoms. The lowest BCUT2D eigenvalue weighted by Gasteiger charge is -2.25. The lowest BCUT2D eigenvalue weighted by molar-refractivity contribution is -0.137. The molecule has 3 aromatic rings. The summed E-state index contributed by atoms with van der Waals surface area (Å²) in [5.41, 5.74) is -0.570. The van der Waals surface area contributed by atoms with Gasteiger partial charge in [-0.25, -0.2) is 9.97 Å². The smallest absolute Gasteiger partial charge is 0.412 e. The maximum absolute atomic E-state index is 13.9. The van der Waals surface area contributed by atoms with Gasteiger partial charge in [-0.05, 0) is 30.7 Å². The molecule has 0 fully saturated rings. The quantitative estimate of drug-likeness (QED) is 0.601. The molecule has 1 aliphatic rings. The van der Waals surface area contributed by atoms with Gasteiger partial charge in [-0.3, -0.25) is 4.79 Å². The lowest BCUT2D eigenvalue weighted by atomic mass is 9.82. The van der Waals surface area contributed by atoms with Crippen molar-refractivity contribution in [3.8, 4) is 0 Å². The first kappa shape index (κ1) is 19.7. The van der Waals surface area contributed by atoms with Crippen LogP contribution in [0.25, 0.3) is 11.2 Å². The zero-order chi connectivity index (χ0) is 20.6. The van der Waals surface area contributed by atoms with E-state index in [1.165, 1.54) is 12.3 Å². The van der Waals surface area contributed by atoms with E-state index in [1.54, 1.807) is 0 Å². The minimum atomic E-state index is -4.57. The molecule has 3 heterocycles. The van der Waals surface area contributed by atoms with Crippen LogP contribution in [0.1, 0.15) is 36.6 Å².